The predicted molar refractivity (Wildman–Crippen MR) is 83.6 cm³/mol. The highest BCUT2D eigenvalue weighted by Crippen LogP contribution is 2.65. The third-order valence-electron chi connectivity index (χ3n) is 5.70. The maximum atomic E-state index is 12.9. The summed E-state index contributed by atoms with van der Waals surface area (Å²) >= 11 is 3.26. The lowest BCUT2D eigenvalue weighted by Gasteiger charge is -2.60. The van der Waals surface area contributed by atoms with E-state index in [1.165, 1.54) is 19.3 Å². The number of halogens is 1. The molecule has 4 saturated carbocycles. The van der Waals surface area contributed by atoms with Crippen LogP contribution in [0.4, 0.5) is 5.82 Å². The van der Waals surface area contributed by atoms with E-state index in [2.05, 4.69) is 38.1 Å². The van der Waals surface area contributed by atoms with Gasteiger partial charge in [-0.1, -0.05) is 6.92 Å². The fourth-order valence-electron chi connectivity index (χ4n) is 5.61. The summed E-state index contributed by atoms with van der Waals surface area (Å²) in [5, 5.41) is 3.01. The molecular weight excluding hydrogens is 330 g/mol. The van der Waals surface area contributed by atoms with Gasteiger partial charge in [-0.15, -0.1) is 0 Å². The summed E-state index contributed by atoms with van der Waals surface area (Å²) in [4.78, 5) is 21.3. The Kier molecular flexibility index (Phi) is 2.94. The van der Waals surface area contributed by atoms with Crippen LogP contribution in [-0.4, -0.2) is 15.9 Å². The van der Waals surface area contributed by atoms with Crippen LogP contribution in [0.3, 0.4) is 0 Å². The fourth-order valence-corrected chi connectivity index (χ4v) is 5.82. The molecule has 4 aliphatic carbocycles. The monoisotopic (exact) mass is 349 g/mol. The number of amides is 1. The second kappa shape index (κ2) is 4.51. The molecule has 4 fully saturated rings. The van der Waals surface area contributed by atoms with E-state index in [1.807, 2.05) is 0 Å². The zero-order valence-corrected chi connectivity index (χ0v) is 13.8. The summed E-state index contributed by atoms with van der Waals surface area (Å²) in [6, 6.07) is 0. The summed E-state index contributed by atoms with van der Waals surface area (Å²) in [7, 11) is 0. The van der Waals surface area contributed by atoms with Crippen molar-refractivity contribution in [2.75, 3.05) is 5.32 Å². The Morgan fingerprint density at radius 3 is 2.52 bits per heavy atom. The van der Waals surface area contributed by atoms with Gasteiger partial charge in [-0.25, -0.2) is 9.97 Å². The highest BCUT2D eigenvalue weighted by atomic mass is 79.9. The van der Waals surface area contributed by atoms with Gasteiger partial charge in [0.05, 0.1) is 17.8 Å². The van der Waals surface area contributed by atoms with Crippen molar-refractivity contribution in [3.05, 3.63) is 17.0 Å². The molecule has 0 radical (unpaired) electrons. The van der Waals surface area contributed by atoms with Gasteiger partial charge in [0.1, 0.15) is 4.60 Å². The Morgan fingerprint density at radius 1 is 1.24 bits per heavy atom. The largest absolute Gasteiger partial charge is 0.309 e. The highest BCUT2D eigenvalue weighted by Gasteiger charge is 2.58. The SMILES string of the molecule is CC12CC3CC(C1)CC(C(=O)Nc1cnc(Br)cn1)(C3)C2. The first-order chi connectivity index (χ1) is 9.96. The molecule has 0 aliphatic heterocycles. The number of hydrogen-bond donors (Lipinski definition) is 1. The molecule has 0 aromatic carbocycles. The van der Waals surface area contributed by atoms with Gasteiger partial charge in [-0.05, 0) is 71.7 Å². The maximum absolute atomic E-state index is 12.9. The molecule has 1 heterocycles. The number of anilines is 1. The van der Waals surface area contributed by atoms with Crippen molar-refractivity contribution in [2.24, 2.45) is 22.7 Å². The third kappa shape index (κ3) is 2.30. The molecule has 1 aromatic heterocycles. The van der Waals surface area contributed by atoms with Crippen LogP contribution in [0.5, 0.6) is 0 Å². The fraction of sp³-hybridized carbons (Fsp3) is 0.688. The minimum Gasteiger partial charge on any atom is -0.309 e. The van der Waals surface area contributed by atoms with Crippen LogP contribution in [0.1, 0.15) is 45.4 Å². The first-order valence-electron chi connectivity index (χ1n) is 7.75. The highest BCUT2D eigenvalue weighted by molar-refractivity contribution is 9.10. The molecule has 0 spiro atoms. The van der Waals surface area contributed by atoms with E-state index in [-0.39, 0.29) is 11.3 Å². The van der Waals surface area contributed by atoms with Crippen molar-refractivity contribution in [1.29, 1.82) is 0 Å². The molecule has 2 atom stereocenters. The molecule has 21 heavy (non-hydrogen) atoms. The van der Waals surface area contributed by atoms with Crippen LogP contribution >= 0.6 is 15.9 Å². The summed E-state index contributed by atoms with van der Waals surface area (Å²) in [6.07, 6.45) is 10.4. The molecule has 1 amide bonds. The molecule has 4 aliphatic rings. The van der Waals surface area contributed by atoms with Crippen molar-refractivity contribution >= 4 is 27.7 Å². The maximum Gasteiger partial charge on any atom is 0.231 e. The molecule has 2 unspecified atom stereocenters. The molecule has 4 nitrogen and oxygen atoms in total. The Bertz CT molecular complexity index is 572. The van der Waals surface area contributed by atoms with Crippen LogP contribution in [0.25, 0.3) is 0 Å². The Morgan fingerprint density at radius 2 is 1.95 bits per heavy atom. The van der Waals surface area contributed by atoms with Crippen molar-refractivity contribution < 1.29 is 4.79 Å². The minimum atomic E-state index is -0.159. The average molecular weight is 350 g/mol. The average Bonchev–Trinajstić information content (AvgIpc) is 2.38. The number of nitrogens with zero attached hydrogens (tertiary/aromatic N) is 2. The van der Waals surface area contributed by atoms with Crippen molar-refractivity contribution in [2.45, 2.75) is 45.4 Å². The lowest BCUT2D eigenvalue weighted by atomic mass is 9.44. The van der Waals surface area contributed by atoms with Crippen LogP contribution in [0.15, 0.2) is 17.0 Å². The molecule has 4 bridgehead atoms. The van der Waals surface area contributed by atoms with Gasteiger partial charge in [0.25, 0.3) is 0 Å². The molecule has 0 saturated heterocycles. The van der Waals surface area contributed by atoms with Gasteiger partial charge in [0.15, 0.2) is 5.82 Å². The second-order valence-electron chi connectivity index (χ2n) is 7.73. The van der Waals surface area contributed by atoms with E-state index in [9.17, 15) is 4.79 Å². The zero-order valence-electron chi connectivity index (χ0n) is 12.2. The van der Waals surface area contributed by atoms with E-state index >= 15 is 0 Å². The van der Waals surface area contributed by atoms with E-state index < -0.39 is 0 Å². The molecular formula is C16H20BrN3O. The quantitative estimate of drug-likeness (QED) is 0.883. The second-order valence-corrected chi connectivity index (χ2v) is 8.54. The van der Waals surface area contributed by atoms with Crippen molar-refractivity contribution in [1.82, 2.24) is 9.97 Å². The Labute approximate surface area is 133 Å². The molecule has 1 N–H and O–H groups in total. The topological polar surface area (TPSA) is 54.9 Å². The summed E-state index contributed by atoms with van der Waals surface area (Å²) in [5.41, 5.74) is 0.223. The number of carbonyl (C=O) groups is 1. The van der Waals surface area contributed by atoms with Gasteiger partial charge < -0.3 is 5.32 Å². The lowest BCUT2D eigenvalue weighted by Crippen LogP contribution is -2.55. The first-order valence-corrected chi connectivity index (χ1v) is 8.55. The number of hydrogen-bond acceptors (Lipinski definition) is 3. The minimum absolute atomic E-state index is 0.159. The molecule has 1 aromatic rings. The van der Waals surface area contributed by atoms with Crippen LogP contribution in [0, 0.1) is 22.7 Å². The summed E-state index contributed by atoms with van der Waals surface area (Å²) < 4.78 is 0.683. The lowest BCUT2D eigenvalue weighted by molar-refractivity contribution is -0.149. The van der Waals surface area contributed by atoms with E-state index in [4.69, 9.17) is 0 Å². The number of carbonyl (C=O) groups excluding carboxylic acids is 1. The summed E-state index contributed by atoms with van der Waals surface area (Å²) in [5.74, 6) is 2.22. The van der Waals surface area contributed by atoms with E-state index in [0.29, 0.717) is 15.8 Å². The number of rotatable bonds is 2. The van der Waals surface area contributed by atoms with Gasteiger partial charge in [-0.3, -0.25) is 4.79 Å². The van der Waals surface area contributed by atoms with E-state index in [0.717, 1.165) is 31.1 Å². The Balaban J connectivity index is 1.57. The molecule has 112 valence electrons. The van der Waals surface area contributed by atoms with Crippen molar-refractivity contribution in [3.63, 3.8) is 0 Å². The number of nitrogens with one attached hydrogen (secondary N) is 1. The normalized spacial score (nSPS) is 40.3. The van der Waals surface area contributed by atoms with Crippen LogP contribution < -0.4 is 5.32 Å². The predicted octanol–water partition coefficient (Wildman–Crippen LogP) is 3.78. The smallest absolute Gasteiger partial charge is 0.231 e. The van der Waals surface area contributed by atoms with Gasteiger partial charge in [0, 0.05) is 0 Å². The van der Waals surface area contributed by atoms with Gasteiger partial charge in [0.2, 0.25) is 5.91 Å². The molecule has 5 rings (SSSR count). The first kappa shape index (κ1) is 13.7. The number of aromatic nitrogens is 2. The molecule has 5 heteroatoms. The zero-order chi connectivity index (χ0) is 14.7. The third-order valence-corrected chi connectivity index (χ3v) is 6.11. The standard InChI is InChI=1S/C16H20BrN3O/c1-15-3-10-2-11(4-15)6-16(5-10,9-15)14(21)20-13-8-18-12(17)7-19-13/h7-8,10-11H,2-6,9H2,1H3,(H,19,20,21). The Hall–Kier alpha value is -0.970. The van der Waals surface area contributed by atoms with Gasteiger partial charge in [-0.2, -0.15) is 0 Å². The van der Waals surface area contributed by atoms with Crippen LogP contribution in [-0.2, 0) is 4.79 Å². The van der Waals surface area contributed by atoms with Gasteiger partial charge >= 0.3 is 0 Å². The van der Waals surface area contributed by atoms with E-state index in [1.54, 1.807) is 12.4 Å². The van der Waals surface area contributed by atoms with Crippen LogP contribution in [0.2, 0.25) is 0 Å². The van der Waals surface area contributed by atoms with Crippen molar-refractivity contribution in [3.8, 4) is 0 Å². The summed E-state index contributed by atoms with van der Waals surface area (Å²) in [6.45, 7) is 2.38.